The number of rotatable bonds is 2. The molecule has 0 saturated heterocycles. The van der Waals surface area contributed by atoms with Crippen molar-refractivity contribution in [1.29, 1.82) is 0 Å². The number of nitrogens with one attached hydrogen (secondary N) is 1. The number of nitrogens with zero attached hydrogens (tertiary/aromatic N) is 3. The molecule has 0 amide bonds. The minimum atomic E-state index is -0.381. The zero-order chi connectivity index (χ0) is 16.0. The largest absolute Gasteiger partial charge is 0.339 e. The molecule has 2 aromatic carbocycles. The second kappa shape index (κ2) is 4.95. The molecule has 0 fully saturated rings. The average molecular weight is 306 g/mol. The number of fused-ring (bicyclic) bond motifs is 2. The molecule has 0 unspecified atom stereocenters. The predicted molar refractivity (Wildman–Crippen MR) is 89.1 cm³/mol. The number of aromatic nitrogens is 4. The fourth-order valence-electron chi connectivity index (χ4n) is 2.95. The Labute approximate surface area is 130 Å². The van der Waals surface area contributed by atoms with Crippen molar-refractivity contribution in [1.82, 2.24) is 19.1 Å². The highest BCUT2D eigenvalue weighted by Crippen LogP contribution is 2.22. The SMILES string of the molecule is CCn1c(=O)c2[nH]cnc2n(-c2cccc3ccccc23)c1=O. The lowest BCUT2D eigenvalue weighted by atomic mass is 10.1. The van der Waals surface area contributed by atoms with Gasteiger partial charge >= 0.3 is 5.69 Å². The Bertz CT molecular complexity index is 1150. The highest BCUT2D eigenvalue weighted by atomic mass is 16.2. The Kier molecular flexibility index (Phi) is 2.90. The van der Waals surface area contributed by atoms with E-state index in [9.17, 15) is 9.59 Å². The molecule has 0 aliphatic heterocycles. The summed E-state index contributed by atoms with van der Waals surface area (Å²) in [5.41, 5.74) is 0.669. The van der Waals surface area contributed by atoms with Gasteiger partial charge in [0.1, 0.15) is 5.52 Å². The van der Waals surface area contributed by atoms with Gasteiger partial charge in [0.2, 0.25) is 0 Å². The number of aromatic amines is 1. The van der Waals surface area contributed by atoms with Crippen LogP contribution in [0.15, 0.2) is 58.4 Å². The Morgan fingerprint density at radius 3 is 2.70 bits per heavy atom. The van der Waals surface area contributed by atoms with Crippen molar-refractivity contribution in [2.75, 3.05) is 0 Å². The van der Waals surface area contributed by atoms with Crippen molar-refractivity contribution in [3.8, 4) is 5.69 Å². The van der Waals surface area contributed by atoms with Crippen LogP contribution in [0.3, 0.4) is 0 Å². The minimum absolute atomic E-state index is 0.303. The lowest BCUT2D eigenvalue weighted by Crippen LogP contribution is -2.39. The predicted octanol–water partition coefficient (Wildman–Crippen LogP) is 2.05. The Hall–Kier alpha value is -3.15. The minimum Gasteiger partial charge on any atom is -0.339 e. The molecule has 0 bridgehead atoms. The van der Waals surface area contributed by atoms with Crippen LogP contribution in [-0.4, -0.2) is 19.1 Å². The third-order valence-corrected chi connectivity index (χ3v) is 4.04. The van der Waals surface area contributed by atoms with Gasteiger partial charge in [-0.15, -0.1) is 0 Å². The van der Waals surface area contributed by atoms with Crippen LogP contribution >= 0.6 is 0 Å². The maximum absolute atomic E-state index is 12.8. The summed E-state index contributed by atoms with van der Waals surface area (Å²) in [6.07, 6.45) is 1.44. The van der Waals surface area contributed by atoms with E-state index in [2.05, 4.69) is 9.97 Å². The Morgan fingerprint density at radius 2 is 1.87 bits per heavy atom. The summed E-state index contributed by atoms with van der Waals surface area (Å²) in [5.74, 6) is 0. The molecule has 0 aliphatic rings. The number of hydrogen-bond donors (Lipinski definition) is 1. The maximum atomic E-state index is 12.8. The van der Waals surface area contributed by atoms with Crippen LogP contribution in [-0.2, 0) is 6.54 Å². The topological polar surface area (TPSA) is 72.7 Å². The van der Waals surface area contributed by atoms with E-state index >= 15 is 0 Å². The van der Waals surface area contributed by atoms with Gasteiger partial charge in [0.15, 0.2) is 5.65 Å². The number of H-pyrrole nitrogens is 1. The highest BCUT2D eigenvalue weighted by molar-refractivity contribution is 5.91. The van der Waals surface area contributed by atoms with Crippen LogP contribution in [0, 0.1) is 0 Å². The summed E-state index contributed by atoms with van der Waals surface area (Å²) < 4.78 is 2.71. The van der Waals surface area contributed by atoms with Crippen molar-refractivity contribution in [2.24, 2.45) is 0 Å². The van der Waals surface area contributed by atoms with Gasteiger partial charge in [-0.1, -0.05) is 36.4 Å². The summed E-state index contributed by atoms with van der Waals surface area (Å²) >= 11 is 0. The number of imidazole rings is 1. The molecule has 6 heteroatoms. The van der Waals surface area contributed by atoms with E-state index in [1.165, 1.54) is 15.5 Å². The first-order chi connectivity index (χ1) is 11.2. The van der Waals surface area contributed by atoms with Crippen molar-refractivity contribution in [3.05, 3.63) is 69.6 Å². The highest BCUT2D eigenvalue weighted by Gasteiger charge is 2.16. The van der Waals surface area contributed by atoms with Crippen LogP contribution in [0.2, 0.25) is 0 Å². The monoisotopic (exact) mass is 306 g/mol. The number of hydrogen-bond acceptors (Lipinski definition) is 3. The smallest absolute Gasteiger partial charge is 0.337 e. The quantitative estimate of drug-likeness (QED) is 0.616. The molecule has 6 nitrogen and oxygen atoms in total. The molecule has 4 aromatic rings. The van der Waals surface area contributed by atoms with E-state index < -0.39 is 0 Å². The van der Waals surface area contributed by atoms with Crippen LogP contribution in [0.1, 0.15) is 6.92 Å². The average Bonchev–Trinajstić information content (AvgIpc) is 3.05. The molecular weight excluding hydrogens is 292 g/mol. The van der Waals surface area contributed by atoms with Crippen LogP contribution in [0.25, 0.3) is 27.6 Å². The first-order valence-corrected chi connectivity index (χ1v) is 7.39. The standard InChI is InChI=1S/C17H14N4O2/c1-2-20-16(22)14-15(19-10-18-14)21(17(20)23)13-9-5-7-11-6-3-4-8-12(11)13/h3-10H,2H2,1H3,(H,18,19). The maximum Gasteiger partial charge on any atom is 0.337 e. The molecule has 4 rings (SSSR count). The summed E-state index contributed by atoms with van der Waals surface area (Å²) in [6.45, 7) is 2.08. The molecule has 0 spiro atoms. The third kappa shape index (κ3) is 1.85. The lowest BCUT2D eigenvalue weighted by Gasteiger charge is -2.12. The Morgan fingerprint density at radius 1 is 1.09 bits per heavy atom. The molecule has 1 N–H and O–H groups in total. The molecule has 0 aliphatic carbocycles. The van der Waals surface area contributed by atoms with E-state index in [4.69, 9.17) is 0 Å². The molecule has 2 heterocycles. The van der Waals surface area contributed by atoms with E-state index in [1.54, 1.807) is 6.92 Å². The van der Waals surface area contributed by atoms with Crippen molar-refractivity contribution >= 4 is 21.9 Å². The zero-order valence-corrected chi connectivity index (χ0v) is 12.5. The van der Waals surface area contributed by atoms with E-state index in [0.717, 1.165) is 10.8 Å². The van der Waals surface area contributed by atoms with Crippen LogP contribution in [0.5, 0.6) is 0 Å². The first kappa shape index (κ1) is 13.5. The first-order valence-electron chi connectivity index (χ1n) is 7.39. The van der Waals surface area contributed by atoms with Gasteiger partial charge in [-0.3, -0.25) is 9.36 Å². The van der Waals surface area contributed by atoms with Crippen LogP contribution < -0.4 is 11.2 Å². The molecule has 114 valence electrons. The van der Waals surface area contributed by atoms with E-state index in [0.29, 0.717) is 23.4 Å². The van der Waals surface area contributed by atoms with Gasteiger partial charge in [0.25, 0.3) is 5.56 Å². The fourth-order valence-corrected chi connectivity index (χ4v) is 2.95. The van der Waals surface area contributed by atoms with Gasteiger partial charge in [-0.2, -0.15) is 0 Å². The second-order valence-corrected chi connectivity index (χ2v) is 5.27. The number of benzene rings is 2. The molecule has 2 aromatic heterocycles. The van der Waals surface area contributed by atoms with Crippen LogP contribution in [0.4, 0.5) is 0 Å². The summed E-state index contributed by atoms with van der Waals surface area (Å²) in [4.78, 5) is 32.3. The van der Waals surface area contributed by atoms with Gasteiger partial charge in [-0.05, 0) is 18.4 Å². The van der Waals surface area contributed by atoms with Crippen molar-refractivity contribution in [3.63, 3.8) is 0 Å². The lowest BCUT2D eigenvalue weighted by molar-refractivity contribution is 0.660. The summed E-state index contributed by atoms with van der Waals surface area (Å²) in [7, 11) is 0. The van der Waals surface area contributed by atoms with E-state index in [1.807, 2.05) is 42.5 Å². The molecule has 0 atom stereocenters. The van der Waals surface area contributed by atoms with Gasteiger partial charge in [-0.25, -0.2) is 14.3 Å². The van der Waals surface area contributed by atoms with Gasteiger partial charge in [0.05, 0.1) is 12.0 Å². The van der Waals surface area contributed by atoms with E-state index in [-0.39, 0.29) is 11.2 Å². The summed E-state index contributed by atoms with van der Waals surface area (Å²) in [5, 5.41) is 1.96. The van der Waals surface area contributed by atoms with Gasteiger partial charge in [0, 0.05) is 11.9 Å². The van der Waals surface area contributed by atoms with Crippen molar-refractivity contribution < 1.29 is 0 Å². The molecule has 23 heavy (non-hydrogen) atoms. The molecule has 0 saturated carbocycles. The normalized spacial score (nSPS) is 11.3. The third-order valence-electron chi connectivity index (χ3n) is 4.04. The van der Waals surface area contributed by atoms with Crippen molar-refractivity contribution in [2.45, 2.75) is 13.5 Å². The van der Waals surface area contributed by atoms with Gasteiger partial charge < -0.3 is 4.98 Å². The Balaban J connectivity index is 2.24. The zero-order valence-electron chi connectivity index (χ0n) is 12.5. The molecular formula is C17H14N4O2. The molecule has 0 radical (unpaired) electrons. The summed E-state index contributed by atoms with van der Waals surface area (Å²) in [6, 6.07) is 13.6. The fraction of sp³-hybridized carbons (Fsp3) is 0.118. The second-order valence-electron chi connectivity index (χ2n) is 5.27.